The molecular formula is C16H17ClN2O2S. The SMILES string of the molecule is O=C(CCc1cc(Cl)cs1)NCCNC(=O)c1ccccc1. The number of halogens is 1. The number of carbonyl (C=O) groups excluding carboxylic acids is 2. The fourth-order valence-electron chi connectivity index (χ4n) is 1.88. The first kappa shape index (κ1) is 16.5. The number of hydrogen-bond acceptors (Lipinski definition) is 3. The van der Waals surface area contributed by atoms with Crippen molar-refractivity contribution in [1.82, 2.24) is 10.6 Å². The molecular weight excluding hydrogens is 320 g/mol. The topological polar surface area (TPSA) is 58.2 Å². The third-order valence-corrected chi connectivity index (χ3v) is 4.33. The first-order valence-electron chi connectivity index (χ1n) is 6.98. The molecule has 0 saturated carbocycles. The molecule has 6 heteroatoms. The number of rotatable bonds is 7. The molecule has 1 aromatic carbocycles. The molecule has 2 rings (SSSR count). The summed E-state index contributed by atoms with van der Waals surface area (Å²) in [7, 11) is 0. The van der Waals surface area contributed by atoms with Gasteiger partial charge in [0.05, 0.1) is 5.02 Å². The maximum atomic E-state index is 11.8. The van der Waals surface area contributed by atoms with Crippen molar-refractivity contribution >= 4 is 34.8 Å². The summed E-state index contributed by atoms with van der Waals surface area (Å²) in [6, 6.07) is 10.9. The van der Waals surface area contributed by atoms with Crippen LogP contribution in [0.5, 0.6) is 0 Å². The number of aryl methyl sites for hydroxylation is 1. The zero-order valence-electron chi connectivity index (χ0n) is 12.0. The maximum Gasteiger partial charge on any atom is 0.251 e. The standard InChI is InChI=1S/C16H17ClN2O2S/c17-13-10-14(22-11-13)6-7-15(20)18-8-9-19-16(21)12-4-2-1-3-5-12/h1-5,10-11H,6-9H2,(H,18,20)(H,19,21). The van der Waals surface area contributed by atoms with E-state index >= 15 is 0 Å². The molecule has 1 heterocycles. The van der Waals surface area contributed by atoms with Crippen molar-refractivity contribution < 1.29 is 9.59 Å². The van der Waals surface area contributed by atoms with Crippen molar-refractivity contribution in [2.75, 3.05) is 13.1 Å². The second-order valence-electron chi connectivity index (χ2n) is 4.70. The molecule has 0 unspecified atom stereocenters. The van der Waals surface area contributed by atoms with E-state index in [4.69, 9.17) is 11.6 Å². The Morgan fingerprint density at radius 3 is 2.50 bits per heavy atom. The molecule has 0 aliphatic rings. The molecule has 0 saturated heterocycles. The van der Waals surface area contributed by atoms with Crippen LogP contribution in [-0.2, 0) is 11.2 Å². The highest BCUT2D eigenvalue weighted by Crippen LogP contribution is 2.20. The number of thiophene rings is 1. The smallest absolute Gasteiger partial charge is 0.251 e. The minimum absolute atomic E-state index is 0.0292. The summed E-state index contributed by atoms with van der Waals surface area (Å²) >= 11 is 7.38. The van der Waals surface area contributed by atoms with Gasteiger partial charge in [-0.1, -0.05) is 29.8 Å². The average molecular weight is 337 g/mol. The van der Waals surface area contributed by atoms with Gasteiger partial charge in [-0.3, -0.25) is 9.59 Å². The highest BCUT2D eigenvalue weighted by atomic mass is 35.5. The lowest BCUT2D eigenvalue weighted by Crippen LogP contribution is -2.34. The van der Waals surface area contributed by atoms with Gasteiger partial charge in [0.25, 0.3) is 5.91 Å². The van der Waals surface area contributed by atoms with Crippen LogP contribution >= 0.6 is 22.9 Å². The van der Waals surface area contributed by atoms with Gasteiger partial charge >= 0.3 is 0 Å². The third-order valence-electron chi connectivity index (χ3n) is 2.99. The number of nitrogens with one attached hydrogen (secondary N) is 2. The summed E-state index contributed by atoms with van der Waals surface area (Å²) in [5, 5.41) is 8.11. The van der Waals surface area contributed by atoms with Crippen molar-refractivity contribution in [2.24, 2.45) is 0 Å². The van der Waals surface area contributed by atoms with Crippen LogP contribution in [0.4, 0.5) is 0 Å². The molecule has 2 amide bonds. The van der Waals surface area contributed by atoms with E-state index < -0.39 is 0 Å². The zero-order chi connectivity index (χ0) is 15.8. The predicted molar refractivity (Wildman–Crippen MR) is 89.4 cm³/mol. The van der Waals surface area contributed by atoms with Crippen molar-refractivity contribution in [3.8, 4) is 0 Å². The Labute approximate surface area is 138 Å². The number of amides is 2. The van der Waals surface area contributed by atoms with Gasteiger partial charge in [-0.2, -0.15) is 0 Å². The minimum Gasteiger partial charge on any atom is -0.354 e. The van der Waals surface area contributed by atoms with Crippen LogP contribution in [0.15, 0.2) is 41.8 Å². The highest BCUT2D eigenvalue weighted by molar-refractivity contribution is 7.10. The first-order valence-corrected chi connectivity index (χ1v) is 8.24. The van der Waals surface area contributed by atoms with Crippen molar-refractivity contribution in [2.45, 2.75) is 12.8 Å². The van der Waals surface area contributed by atoms with Gasteiger partial charge in [-0.25, -0.2) is 0 Å². The van der Waals surface area contributed by atoms with Crippen LogP contribution in [0.2, 0.25) is 5.02 Å². The van der Waals surface area contributed by atoms with Gasteiger partial charge in [0.1, 0.15) is 0 Å². The normalized spacial score (nSPS) is 10.2. The van der Waals surface area contributed by atoms with Crippen molar-refractivity contribution in [3.63, 3.8) is 0 Å². The highest BCUT2D eigenvalue weighted by Gasteiger charge is 2.05. The Kier molecular flexibility index (Phi) is 6.43. The van der Waals surface area contributed by atoms with Crippen LogP contribution in [0.3, 0.4) is 0 Å². The largest absolute Gasteiger partial charge is 0.354 e. The second kappa shape index (κ2) is 8.56. The Bertz CT molecular complexity index is 628. The molecule has 1 aromatic heterocycles. The summed E-state index contributed by atoms with van der Waals surface area (Å²) in [4.78, 5) is 24.5. The average Bonchev–Trinajstić information content (AvgIpc) is 2.96. The minimum atomic E-state index is -0.136. The molecule has 0 aliphatic heterocycles. The van der Waals surface area contributed by atoms with Gasteiger partial charge < -0.3 is 10.6 Å². The summed E-state index contributed by atoms with van der Waals surface area (Å²) in [6.07, 6.45) is 1.10. The Morgan fingerprint density at radius 2 is 1.82 bits per heavy atom. The molecule has 22 heavy (non-hydrogen) atoms. The van der Waals surface area contributed by atoms with Crippen molar-refractivity contribution in [3.05, 3.63) is 57.2 Å². The Balaban J connectivity index is 1.60. The number of benzene rings is 1. The zero-order valence-corrected chi connectivity index (χ0v) is 13.5. The lowest BCUT2D eigenvalue weighted by atomic mass is 10.2. The van der Waals surface area contributed by atoms with E-state index in [1.807, 2.05) is 29.6 Å². The quantitative estimate of drug-likeness (QED) is 0.764. The summed E-state index contributed by atoms with van der Waals surface area (Å²) < 4.78 is 0. The summed E-state index contributed by atoms with van der Waals surface area (Å²) in [6.45, 7) is 0.826. The molecule has 2 N–H and O–H groups in total. The lowest BCUT2D eigenvalue weighted by Gasteiger charge is -2.07. The van der Waals surface area contributed by atoms with E-state index in [1.54, 1.807) is 23.5 Å². The monoisotopic (exact) mass is 336 g/mol. The van der Waals surface area contributed by atoms with Gasteiger partial charge in [0, 0.05) is 35.3 Å². The molecule has 2 aromatic rings. The van der Waals surface area contributed by atoms with Crippen LogP contribution in [0.1, 0.15) is 21.7 Å². The van der Waals surface area contributed by atoms with Gasteiger partial charge in [0.2, 0.25) is 5.91 Å². The van der Waals surface area contributed by atoms with E-state index in [1.165, 1.54) is 0 Å². The van der Waals surface area contributed by atoms with Gasteiger partial charge in [0.15, 0.2) is 0 Å². The maximum absolute atomic E-state index is 11.8. The molecule has 0 aliphatic carbocycles. The van der Waals surface area contributed by atoms with Gasteiger partial charge in [-0.15, -0.1) is 11.3 Å². The molecule has 4 nitrogen and oxygen atoms in total. The fraction of sp³-hybridized carbons (Fsp3) is 0.250. The Morgan fingerprint density at radius 1 is 1.09 bits per heavy atom. The lowest BCUT2D eigenvalue weighted by molar-refractivity contribution is -0.121. The summed E-state index contributed by atoms with van der Waals surface area (Å²) in [5.74, 6) is -0.165. The van der Waals surface area contributed by atoms with E-state index in [9.17, 15) is 9.59 Å². The Hall–Kier alpha value is -1.85. The van der Waals surface area contributed by atoms with Crippen molar-refractivity contribution in [1.29, 1.82) is 0 Å². The fourth-order valence-corrected chi connectivity index (χ4v) is 2.96. The first-order chi connectivity index (χ1) is 10.6. The molecule has 0 bridgehead atoms. The predicted octanol–water partition coefficient (Wildman–Crippen LogP) is 2.88. The summed E-state index contributed by atoms with van der Waals surface area (Å²) in [5.41, 5.74) is 0.614. The van der Waals surface area contributed by atoms with E-state index in [0.29, 0.717) is 36.5 Å². The molecule has 0 radical (unpaired) electrons. The van der Waals surface area contributed by atoms with Gasteiger partial charge in [-0.05, 0) is 24.6 Å². The van der Waals surface area contributed by atoms with Crippen LogP contribution in [0.25, 0.3) is 0 Å². The molecule has 0 atom stereocenters. The van der Waals surface area contributed by atoms with E-state index in [-0.39, 0.29) is 11.8 Å². The molecule has 116 valence electrons. The van der Waals surface area contributed by atoms with Crippen LogP contribution in [-0.4, -0.2) is 24.9 Å². The van der Waals surface area contributed by atoms with Crippen LogP contribution < -0.4 is 10.6 Å². The molecule has 0 spiro atoms. The second-order valence-corrected chi connectivity index (χ2v) is 6.14. The van der Waals surface area contributed by atoms with E-state index in [2.05, 4.69) is 10.6 Å². The third kappa shape index (κ3) is 5.50. The molecule has 0 fully saturated rings. The van der Waals surface area contributed by atoms with Crippen LogP contribution in [0, 0.1) is 0 Å². The van der Waals surface area contributed by atoms with E-state index in [0.717, 1.165) is 4.88 Å². The number of carbonyl (C=O) groups is 2. The number of hydrogen-bond donors (Lipinski definition) is 2.